The number of carboxylic acids is 1. The van der Waals surface area contributed by atoms with Crippen molar-refractivity contribution in [3.05, 3.63) is 71.8 Å². The lowest BCUT2D eigenvalue weighted by Crippen LogP contribution is -2.09. The second-order valence-electron chi connectivity index (χ2n) is 5.04. The topological polar surface area (TPSA) is 63.6 Å². The Labute approximate surface area is 143 Å². The van der Waals surface area contributed by atoms with Gasteiger partial charge >= 0.3 is 11.9 Å². The Bertz CT molecular complexity index is 882. The predicted octanol–water partition coefficient (Wildman–Crippen LogP) is 4.57. The van der Waals surface area contributed by atoms with Crippen molar-refractivity contribution in [3.63, 3.8) is 0 Å². The van der Waals surface area contributed by atoms with Crippen LogP contribution in [0.25, 0.3) is 20.9 Å². The number of esters is 1. The molecule has 4 nitrogen and oxygen atoms in total. The van der Waals surface area contributed by atoms with E-state index >= 15 is 0 Å². The van der Waals surface area contributed by atoms with E-state index in [1.807, 2.05) is 60.7 Å². The highest BCUT2D eigenvalue weighted by atomic mass is 32.1. The normalized spacial score (nSPS) is 10.4. The van der Waals surface area contributed by atoms with Gasteiger partial charge in [0.15, 0.2) is 0 Å². The Hall–Kier alpha value is -2.92. The number of hydrogen-bond acceptors (Lipinski definition) is 4. The first-order valence-electron chi connectivity index (χ1n) is 7.22. The second kappa shape index (κ2) is 6.68. The summed E-state index contributed by atoms with van der Waals surface area (Å²) in [7, 11) is 1.25. The number of hydrogen-bond donors (Lipinski definition) is 1. The first-order valence-corrected chi connectivity index (χ1v) is 8.04. The highest BCUT2D eigenvalue weighted by Crippen LogP contribution is 2.42. The lowest BCUT2D eigenvalue weighted by Gasteiger charge is -2.04. The molecule has 0 aliphatic carbocycles. The van der Waals surface area contributed by atoms with E-state index in [2.05, 4.69) is 0 Å². The summed E-state index contributed by atoms with van der Waals surface area (Å²) in [5, 5.41) is 9.71. The van der Waals surface area contributed by atoms with Gasteiger partial charge in [-0.25, -0.2) is 9.59 Å². The molecule has 0 saturated carbocycles. The van der Waals surface area contributed by atoms with Gasteiger partial charge in [0.25, 0.3) is 0 Å². The van der Waals surface area contributed by atoms with Gasteiger partial charge in [-0.2, -0.15) is 0 Å². The van der Waals surface area contributed by atoms with Crippen molar-refractivity contribution < 1.29 is 19.4 Å². The molecule has 0 aliphatic heterocycles. The van der Waals surface area contributed by atoms with Crippen LogP contribution in [0.3, 0.4) is 0 Å². The van der Waals surface area contributed by atoms with E-state index in [9.17, 15) is 14.7 Å². The van der Waals surface area contributed by atoms with Gasteiger partial charge in [0.05, 0.1) is 28.0 Å². The summed E-state index contributed by atoms with van der Waals surface area (Å²) in [6.45, 7) is 0. The SMILES string of the molecule is COC(=O)c1c(-c2ccccc2)sc(-c2ccccc2)c1C(=O)O. The van der Waals surface area contributed by atoms with Crippen LogP contribution in [0.4, 0.5) is 0 Å². The third-order valence-corrected chi connectivity index (χ3v) is 4.87. The largest absolute Gasteiger partial charge is 0.478 e. The molecule has 2 aromatic carbocycles. The predicted molar refractivity (Wildman–Crippen MR) is 93.5 cm³/mol. The molecule has 0 aliphatic rings. The minimum absolute atomic E-state index is 0.0168. The summed E-state index contributed by atoms with van der Waals surface area (Å²) in [4.78, 5) is 25.3. The van der Waals surface area contributed by atoms with Gasteiger partial charge in [0.2, 0.25) is 0 Å². The zero-order valence-electron chi connectivity index (χ0n) is 12.9. The lowest BCUT2D eigenvalue weighted by molar-refractivity contribution is 0.0585. The summed E-state index contributed by atoms with van der Waals surface area (Å²) in [6.07, 6.45) is 0. The smallest absolute Gasteiger partial charge is 0.340 e. The molecule has 0 spiro atoms. The Morgan fingerprint density at radius 3 is 1.71 bits per heavy atom. The Kier molecular flexibility index (Phi) is 4.44. The molecule has 1 aromatic heterocycles. The molecule has 0 radical (unpaired) electrons. The third-order valence-electron chi connectivity index (χ3n) is 3.58. The fourth-order valence-corrected chi connectivity index (χ4v) is 3.81. The Morgan fingerprint density at radius 2 is 1.29 bits per heavy atom. The van der Waals surface area contributed by atoms with Gasteiger partial charge in [0.1, 0.15) is 0 Å². The van der Waals surface area contributed by atoms with E-state index in [0.29, 0.717) is 9.75 Å². The van der Waals surface area contributed by atoms with Crippen molar-refractivity contribution >= 4 is 23.3 Å². The number of thiophene rings is 1. The number of carboxylic acid groups (broad SMARTS) is 1. The van der Waals surface area contributed by atoms with E-state index in [4.69, 9.17) is 4.74 Å². The molecular weight excluding hydrogens is 324 g/mol. The number of rotatable bonds is 4. The van der Waals surface area contributed by atoms with Gasteiger partial charge in [0, 0.05) is 0 Å². The quantitative estimate of drug-likeness (QED) is 0.708. The van der Waals surface area contributed by atoms with Crippen molar-refractivity contribution in [2.75, 3.05) is 7.11 Å². The number of methoxy groups -OCH3 is 1. The summed E-state index contributed by atoms with van der Waals surface area (Å²) in [6, 6.07) is 18.4. The number of carbonyl (C=O) groups excluding carboxylic acids is 1. The molecule has 0 fully saturated rings. The van der Waals surface area contributed by atoms with Crippen LogP contribution in [-0.4, -0.2) is 24.2 Å². The van der Waals surface area contributed by atoms with Crippen LogP contribution in [0.5, 0.6) is 0 Å². The van der Waals surface area contributed by atoms with Gasteiger partial charge in [-0.15, -0.1) is 11.3 Å². The molecule has 1 N–H and O–H groups in total. The first-order chi connectivity index (χ1) is 11.6. The lowest BCUT2D eigenvalue weighted by atomic mass is 10.0. The van der Waals surface area contributed by atoms with Crippen molar-refractivity contribution in [2.45, 2.75) is 0 Å². The van der Waals surface area contributed by atoms with Crippen LogP contribution in [0.1, 0.15) is 20.7 Å². The number of carbonyl (C=O) groups is 2. The Balaban J connectivity index is 2.34. The molecule has 3 aromatic rings. The molecule has 3 rings (SSSR count). The van der Waals surface area contributed by atoms with Crippen LogP contribution in [0.2, 0.25) is 0 Å². The van der Waals surface area contributed by atoms with E-state index in [0.717, 1.165) is 11.1 Å². The Morgan fingerprint density at radius 1 is 0.833 bits per heavy atom. The standard InChI is InChI=1S/C19H14O4S/c1-23-19(22)15-14(18(20)21)16(12-8-4-2-5-9-12)24-17(15)13-10-6-3-7-11-13/h2-11H,1H3,(H,20,21). The molecule has 5 heteroatoms. The van der Waals surface area contributed by atoms with E-state index in [-0.39, 0.29) is 11.1 Å². The minimum atomic E-state index is -1.15. The highest BCUT2D eigenvalue weighted by molar-refractivity contribution is 7.19. The van der Waals surface area contributed by atoms with Gasteiger partial charge < -0.3 is 9.84 Å². The molecule has 120 valence electrons. The fourth-order valence-electron chi connectivity index (χ4n) is 2.52. The average molecular weight is 338 g/mol. The average Bonchev–Trinajstić information content (AvgIpc) is 3.03. The van der Waals surface area contributed by atoms with Gasteiger partial charge in [-0.05, 0) is 11.1 Å². The molecular formula is C19H14O4S. The number of benzene rings is 2. The highest BCUT2D eigenvalue weighted by Gasteiger charge is 2.29. The van der Waals surface area contributed by atoms with Crippen molar-refractivity contribution in [3.8, 4) is 20.9 Å². The zero-order chi connectivity index (χ0) is 17.1. The monoisotopic (exact) mass is 338 g/mol. The third kappa shape index (κ3) is 2.81. The molecule has 0 saturated heterocycles. The molecule has 0 amide bonds. The molecule has 24 heavy (non-hydrogen) atoms. The maximum Gasteiger partial charge on any atom is 0.340 e. The van der Waals surface area contributed by atoms with Gasteiger partial charge in [-0.3, -0.25) is 0 Å². The van der Waals surface area contributed by atoms with Crippen LogP contribution < -0.4 is 0 Å². The van der Waals surface area contributed by atoms with Gasteiger partial charge in [-0.1, -0.05) is 60.7 Å². The zero-order valence-corrected chi connectivity index (χ0v) is 13.7. The first kappa shape index (κ1) is 16.0. The van der Waals surface area contributed by atoms with E-state index in [1.54, 1.807) is 0 Å². The van der Waals surface area contributed by atoms with Crippen molar-refractivity contribution in [1.29, 1.82) is 0 Å². The summed E-state index contributed by atoms with van der Waals surface area (Å²) >= 11 is 1.28. The molecule has 1 heterocycles. The summed E-state index contributed by atoms with van der Waals surface area (Å²) < 4.78 is 4.84. The number of ether oxygens (including phenoxy) is 1. The maximum absolute atomic E-state index is 12.3. The van der Waals surface area contributed by atoms with Crippen LogP contribution >= 0.6 is 11.3 Å². The molecule has 0 unspecified atom stereocenters. The van der Waals surface area contributed by atoms with Crippen LogP contribution in [0, 0.1) is 0 Å². The van der Waals surface area contributed by atoms with Crippen LogP contribution in [0.15, 0.2) is 60.7 Å². The van der Waals surface area contributed by atoms with E-state index in [1.165, 1.54) is 18.4 Å². The van der Waals surface area contributed by atoms with Crippen molar-refractivity contribution in [2.24, 2.45) is 0 Å². The summed E-state index contributed by atoms with van der Waals surface area (Å²) in [5.74, 6) is -1.79. The van der Waals surface area contributed by atoms with Crippen molar-refractivity contribution in [1.82, 2.24) is 0 Å². The maximum atomic E-state index is 12.3. The minimum Gasteiger partial charge on any atom is -0.478 e. The number of aromatic carboxylic acids is 1. The summed E-state index contributed by atoms with van der Waals surface area (Å²) in [5.41, 5.74) is 1.62. The fraction of sp³-hybridized carbons (Fsp3) is 0.0526. The second-order valence-corrected chi connectivity index (χ2v) is 6.06. The van der Waals surface area contributed by atoms with Crippen LogP contribution in [-0.2, 0) is 4.74 Å². The van der Waals surface area contributed by atoms with E-state index < -0.39 is 11.9 Å². The molecule has 0 atom stereocenters. The molecule has 0 bridgehead atoms.